The molecule has 0 amide bonds. The van der Waals surface area contributed by atoms with Gasteiger partial charge in [-0.1, -0.05) is 11.6 Å². The fraction of sp³-hybridized carbons (Fsp3) is 0.500. The summed E-state index contributed by atoms with van der Waals surface area (Å²) in [5.41, 5.74) is 1.68. The number of hydrogen-bond acceptors (Lipinski definition) is 4. The highest BCUT2D eigenvalue weighted by molar-refractivity contribution is 6.30. The Bertz CT molecular complexity index is 499. The molecule has 3 rings (SSSR count). The number of nitriles is 1. The van der Waals surface area contributed by atoms with Crippen molar-refractivity contribution in [1.29, 1.82) is 5.26 Å². The molecular weight excluding hydrogens is 260 g/mol. The molecule has 1 aromatic carbocycles. The molecule has 0 atom stereocenters. The van der Waals surface area contributed by atoms with Gasteiger partial charge in [0, 0.05) is 50.3 Å². The van der Waals surface area contributed by atoms with Gasteiger partial charge in [0.05, 0.1) is 11.3 Å². The van der Waals surface area contributed by atoms with Crippen molar-refractivity contribution >= 4 is 17.3 Å². The lowest BCUT2D eigenvalue weighted by molar-refractivity contribution is 0.147. The van der Waals surface area contributed by atoms with Gasteiger partial charge < -0.3 is 10.2 Å². The highest BCUT2D eigenvalue weighted by Gasteiger charge is 2.33. The van der Waals surface area contributed by atoms with Crippen LogP contribution in [0.15, 0.2) is 18.2 Å². The van der Waals surface area contributed by atoms with Crippen LogP contribution in [0.4, 0.5) is 5.69 Å². The minimum absolute atomic E-state index is 0.625. The summed E-state index contributed by atoms with van der Waals surface area (Å²) in [6.45, 7) is 6.45. The van der Waals surface area contributed by atoms with Gasteiger partial charge in [0.15, 0.2) is 0 Å². The van der Waals surface area contributed by atoms with Gasteiger partial charge in [-0.2, -0.15) is 5.26 Å². The minimum atomic E-state index is 0.625. The summed E-state index contributed by atoms with van der Waals surface area (Å²) in [4.78, 5) is 4.80. The zero-order valence-electron chi connectivity index (χ0n) is 10.8. The third-order valence-electron chi connectivity index (χ3n) is 3.95. The van der Waals surface area contributed by atoms with E-state index < -0.39 is 0 Å². The lowest BCUT2D eigenvalue weighted by Crippen LogP contribution is -2.63. The van der Waals surface area contributed by atoms with Crippen molar-refractivity contribution in [1.82, 2.24) is 10.2 Å². The van der Waals surface area contributed by atoms with E-state index in [0.717, 1.165) is 45.0 Å². The van der Waals surface area contributed by atoms with Gasteiger partial charge in [-0.25, -0.2) is 0 Å². The Kier molecular flexibility index (Phi) is 3.61. The maximum atomic E-state index is 9.17. The van der Waals surface area contributed by atoms with Crippen molar-refractivity contribution in [2.24, 2.45) is 0 Å². The standard InChI is InChI=1S/C14H17ClN4/c15-12-1-2-14(11(7-12)8-16)19-9-13(10-19)18-5-3-17-4-6-18/h1-2,7,13,17H,3-6,9-10H2. The largest absolute Gasteiger partial charge is 0.367 e. The fourth-order valence-electron chi connectivity index (χ4n) is 2.80. The number of halogens is 1. The molecule has 0 unspecified atom stereocenters. The van der Waals surface area contributed by atoms with E-state index in [-0.39, 0.29) is 0 Å². The van der Waals surface area contributed by atoms with E-state index in [9.17, 15) is 5.26 Å². The molecule has 0 spiro atoms. The summed E-state index contributed by atoms with van der Waals surface area (Å²) >= 11 is 5.93. The Labute approximate surface area is 118 Å². The van der Waals surface area contributed by atoms with E-state index in [1.165, 1.54) is 0 Å². The molecule has 2 aliphatic rings. The van der Waals surface area contributed by atoms with Crippen LogP contribution in [0.2, 0.25) is 5.02 Å². The van der Waals surface area contributed by atoms with Crippen molar-refractivity contribution < 1.29 is 0 Å². The average molecular weight is 277 g/mol. The van der Waals surface area contributed by atoms with Gasteiger partial charge in [0.1, 0.15) is 6.07 Å². The van der Waals surface area contributed by atoms with Gasteiger partial charge in [-0.15, -0.1) is 0 Å². The van der Waals surface area contributed by atoms with E-state index in [4.69, 9.17) is 11.6 Å². The van der Waals surface area contributed by atoms with Gasteiger partial charge in [-0.05, 0) is 18.2 Å². The number of nitrogens with zero attached hydrogens (tertiary/aromatic N) is 3. The van der Waals surface area contributed by atoms with Crippen LogP contribution in [-0.2, 0) is 0 Å². The second-order valence-corrected chi connectivity index (χ2v) is 5.55. The second kappa shape index (κ2) is 5.38. The van der Waals surface area contributed by atoms with Crippen LogP contribution < -0.4 is 10.2 Å². The van der Waals surface area contributed by atoms with Crippen LogP contribution >= 0.6 is 11.6 Å². The highest BCUT2D eigenvalue weighted by Crippen LogP contribution is 2.29. The molecule has 1 N–H and O–H groups in total. The predicted octanol–water partition coefficient (Wildman–Crippen LogP) is 1.31. The van der Waals surface area contributed by atoms with Gasteiger partial charge in [0.25, 0.3) is 0 Å². The molecule has 2 fully saturated rings. The van der Waals surface area contributed by atoms with Crippen LogP contribution in [0.5, 0.6) is 0 Å². The normalized spacial score (nSPS) is 20.9. The molecule has 2 aliphatic heterocycles. The number of benzene rings is 1. The predicted molar refractivity (Wildman–Crippen MR) is 76.6 cm³/mol. The van der Waals surface area contributed by atoms with Crippen molar-refractivity contribution in [2.45, 2.75) is 6.04 Å². The maximum Gasteiger partial charge on any atom is 0.101 e. The summed E-state index contributed by atoms with van der Waals surface area (Å²) in [6.07, 6.45) is 0. The molecule has 1 aromatic rings. The Hall–Kier alpha value is -1.28. The first-order valence-electron chi connectivity index (χ1n) is 6.67. The first kappa shape index (κ1) is 12.7. The van der Waals surface area contributed by atoms with E-state index in [1.807, 2.05) is 12.1 Å². The summed E-state index contributed by atoms with van der Waals surface area (Å²) in [5.74, 6) is 0. The first-order valence-corrected chi connectivity index (χ1v) is 7.05. The molecule has 0 aliphatic carbocycles. The average Bonchev–Trinajstić information content (AvgIpc) is 2.40. The van der Waals surface area contributed by atoms with E-state index in [2.05, 4.69) is 21.2 Å². The summed E-state index contributed by atoms with van der Waals surface area (Å²) < 4.78 is 0. The first-order chi connectivity index (χ1) is 9.28. The van der Waals surface area contributed by atoms with Crippen LogP contribution in [0.1, 0.15) is 5.56 Å². The molecule has 0 radical (unpaired) electrons. The van der Waals surface area contributed by atoms with Crippen molar-refractivity contribution in [3.05, 3.63) is 28.8 Å². The van der Waals surface area contributed by atoms with Crippen LogP contribution in [0.3, 0.4) is 0 Å². The maximum absolute atomic E-state index is 9.17. The number of nitrogens with one attached hydrogen (secondary N) is 1. The Balaban J connectivity index is 1.65. The molecule has 0 saturated carbocycles. The van der Waals surface area contributed by atoms with E-state index in [1.54, 1.807) is 6.07 Å². The Morgan fingerprint density at radius 3 is 2.68 bits per heavy atom. The molecule has 5 heteroatoms. The smallest absolute Gasteiger partial charge is 0.101 e. The number of hydrogen-bond donors (Lipinski definition) is 1. The van der Waals surface area contributed by atoms with Crippen LogP contribution in [0, 0.1) is 11.3 Å². The molecule has 0 bridgehead atoms. The summed E-state index contributed by atoms with van der Waals surface area (Å²) in [5, 5.41) is 13.2. The van der Waals surface area contributed by atoms with Crippen molar-refractivity contribution in [3.8, 4) is 6.07 Å². The summed E-state index contributed by atoms with van der Waals surface area (Å²) in [6, 6.07) is 8.41. The zero-order chi connectivity index (χ0) is 13.2. The van der Waals surface area contributed by atoms with E-state index >= 15 is 0 Å². The number of anilines is 1. The van der Waals surface area contributed by atoms with Crippen LogP contribution in [-0.4, -0.2) is 50.2 Å². The molecule has 2 saturated heterocycles. The Morgan fingerprint density at radius 2 is 2.00 bits per heavy atom. The molecule has 19 heavy (non-hydrogen) atoms. The monoisotopic (exact) mass is 276 g/mol. The third kappa shape index (κ3) is 2.55. The molecule has 2 heterocycles. The summed E-state index contributed by atoms with van der Waals surface area (Å²) in [7, 11) is 0. The van der Waals surface area contributed by atoms with E-state index in [0.29, 0.717) is 16.6 Å². The van der Waals surface area contributed by atoms with Gasteiger partial charge in [-0.3, -0.25) is 4.90 Å². The topological polar surface area (TPSA) is 42.3 Å². The molecule has 100 valence electrons. The lowest BCUT2D eigenvalue weighted by Gasteiger charge is -2.48. The highest BCUT2D eigenvalue weighted by atomic mass is 35.5. The molecular formula is C14H17ClN4. The SMILES string of the molecule is N#Cc1cc(Cl)ccc1N1CC(N2CCNCC2)C1. The minimum Gasteiger partial charge on any atom is -0.367 e. The molecule has 0 aromatic heterocycles. The van der Waals surface area contributed by atoms with Crippen molar-refractivity contribution in [2.75, 3.05) is 44.2 Å². The number of rotatable bonds is 2. The second-order valence-electron chi connectivity index (χ2n) is 5.12. The third-order valence-corrected chi connectivity index (χ3v) is 4.19. The zero-order valence-corrected chi connectivity index (χ0v) is 11.5. The quantitative estimate of drug-likeness (QED) is 0.884. The van der Waals surface area contributed by atoms with Crippen molar-refractivity contribution in [3.63, 3.8) is 0 Å². The fourth-order valence-corrected chi connectivity index (χ4v) is 2.98. The lowest BCUT2D eigenvalue weighted by atomic mass is 10.0. The number of piperazine rings is 1. The van der Waals surface area contributed by atoms with Gasteiger partial charge >= 0.3 is 0 Å². The Morgan fingerprint density at radius 1 is 1.26 bits per heavy atom. The molecule has 4 nitrogen and oxygen atoms in total. The van der Waals surface area contributed by atoms with Crippen LogP contribution in [0.25, 0.3) is 0 Å². The van der Waals surface area contributed by atoms with Gasteiger partial charge in [0.2, 0.25) is 0 Å².